The highest BCUT2D eigenvalue weighted by Gasteiger charge is 2.24. The quantitative estimate of drug-likeness (QED) is 0.632. The van der Waals surface area contributed by atoms with E-state index in [1.165, 1.54) is 7.11 Å². The molecule has 2 N–H and O–H groups in total. The van der Waals surface area contributed by atoms with Gasteiger partial charge < -0.3 is 25.0 Å². The minimum Gasteiger partial charge on any atom is -0.493 e. The smallest absolute Gasteiger partial charge is 0.258 e. The van der Waals surface area contributed by atoms with Gasteiger partial charge in [0.25, 0.3) is 11.8 Å². The van der Waals surface area contributed by atoms with Crippen molar-refractivity contribution in [1.29, 1.82) is 0 Å². The minimum atomic E-state index is -0.196. The standard InChI is InChI=1S/C21H33N3O4.ClH/c1-15(2)23-20(25)14-28-18-6-5-17(13-19(18)27-4)21(26)24-11-8-16(9-12-24)7-10-22-3;/h5-6,13,15-16,22H,7-12,14H2,1-4H3,(H,23,25);1H. The number of rotatable bonds is 9. The maximum atomic E-state index is 12.8. The summed E-state index contributed by atoms with van der Waals surface area (Å²) in [6, 6.07) is 5.16. The zero-order valence-electron chi connectivity index (χ0n) is 17.8. The molecule has 0 spiro atoms. The summed E-state index contributed by atoms with van der Waals surface area (Å²) in [4.78, 5) is 26.5. The lowest BCUT2D eigenvalue weighted by atomic mass is 9.93. The van der Waals surface area contributed by atoms with Crippen LogP contribution in [0.1, 0.15) is 43.5 Å². The van der Waals surface area contributed by atoms with E-state index in [0.717, 1.165) is 38.9 Å². The van der Waals surface area contributed by atoms with Crippen LogP contribution in [0.3, 0.4) is 0 Å². The maximum Gasteiger partial charge on any atom is 0.258 e. The Morgan fingerprint density at radius 2 is 1.90 bits per heavy atom. The number of hydrogen-bond donors (Lipinski definition) is 2. The number of benzene rings is 1. The predicted molar refractivity (Wildman–Crippen MR) is 116 cm³/mol. The summed E-state index contributed by atoms with van der Waals surface area (Å²) in [6.07, 6.45) is 3.23. The molecule has 0 saturated carbocycles. The second kappa shape index (κ2) is 12.5. The number of halogens is 1. The lowest BCUT2D eigenvalue weighted by molar-refractivity contribution is -0.123. The Balaban J connectivity index is 0.00000420. The van der Waals surface area contributed by atoms with E-state index in [0.29, 0.717) is 23.0 Å². The highest BCUT2D eigenvalue weighted by Crippen LogP contribution is 2.29. The molecule has 29 heavy (non-hydrogen) atoms. The fourth-order valence-corrected chi connectivity index (χ4v) is 3.38. The average Bonchev–Trinajstić information content (AvgIpc) is 2.70. The van der Waals surface area contributed by atoms with Gasteiger partial charge in [-0.15, -0.1) is 12.4 Å². The number of ether oxygens (including phenoxy) is 2. The third-order valence-electron chi connectivity index (χ3n) is 4.92. The Labute approximate surface area is 179 Å². The van der Waals surface area contributed by atoms with Crippen molar-refractivity contribution >= 4 is 24.2 Å². The maximum absolute atomic E-state index is 12.8. The number of methoxy groups -OCH3 is 1. The Morgan fingerprint density at radius 1 is 1.21 bits per heavy atom. The molecule has 0 atom stereocenters. The fraction of sp³-hybridized carbons (Fsp3) is 0.619. The molecular weight excluding hydrogens is 394 g/mol. The van der Waals surface area contributed by atoms with Gasteiger partial charge in [0.15, 0.2) is 18.1 Å². The molecule has 0 radical (unpaired) electrons. The Kier molecular flexibility index (Phi) is 10.8. The van der Waals surface area contributed by atoms with E-state index >= 15 is 0 Å². The van der Waals surface area contributed by atoms with Crippen molar-refractivity contribution in [3.8, 4) is 11.5 Å². The molecular formula is C21H34ClN3O4. The average molecular weight is 428 g/mol. The van der Waals surface area contributed by atoms with Crippen LogP contribution in [-0.4, -0.2) is 63.2 Å². The Hall–Kier alpha value is -1.99. The van der Waals surface area contributed by atoms with Crippen molar-refractivity contribution < 1.29 is 19.1 Å². The van der Waals surface area contributed by atoms with Crippen LogP contribution >= 0.6 is 12.4 Å². The summed E-state index contributed by atoms with van der Waals surface area (Å²) in [6.45, 7) is 6.27. The van der Waals surface area contributed by atoms with Crippen LogP contribution < -0.4 is 20.1 Å². The van der Waals surface area contributed by atoms with Crippen LogP contribution in [0.5, 0.6) is 11.5 Å². The van der Waals surface area contributed by atoms with Crippen LogP contribution in [0, 0.1) is 5.92 Å². The lowest BCUT2D eigenvalue weighted by Crippen LogP contribution is -2.39. The van der Waals surface area contributed by atoms with Crippen molar-refractivity contribution in [2.45, 2.75) is 39.2 Å². The predicted octanol–water partition coefficient (Wildman–Crippen LogP) is 2.48. The summed E-state index contributed by atoms with van der Waals surface area (Å²) < 4.78 is 10.9. The molecule has 7 nitrogen and oxygen atoms in total. The van der Waals surface area contributed by atoms with Crippen LogP contribution in [0.15, 0.2) is 18.2 Å². The molecule has 1 heterocycles. The van der Waals surface area contributed by atoms with Crippen LogP contribution in [0.4, 0.5) is 0 Å². The topological polar surface area (TPSA) is 79.9 Å². The van der Waals surface area contributed by atoms with Gasteiger partial charge in [-0.25, -0.2) is 0 Å². The van der Waals surface area contributed by atoms with Gasteiger partial charge in [0.1, 0.15) is 0 Å². The van der Waals surface area contributed by atoms with Crippen LogP contribution in [0.2, 0.25) is 0 Å². The number of carbonyl (C=O) groups is 2. The van der Waals surface area contributed by atoms with Crippen LogP contribution in [-0.2, 0) is 4.79 Å². The van der Waals surface area contributed by atoms with Crippen molar-refractivity contribution in [2.75, 3.05) is 40.4 Å². The second-order valence-corrected chi connectivity index (χ2v) is 7.50. The van der Waals surface area contributed by atoms with Crippen molar-refractivity contribution in [1.82, 2.24) is 15.5 Å². The van der Waals surface area contributed by atoms with Gasteiger partial charge in [-0.3, -0.25) is 9.59 Å². The van der Waals surface area contributed by atoms with E-state index in [1.54, 1.807) is 18.2 Å². The monoisotopic (exact) mass is 427 g/mol. The second-order valence-electron chi connectivity index (χ2n) is 7.50. The van der Waals surface area contributed by atoms with Crippen molar-refractivity contribution in [3.05, 3.63) is 23.8 Å². The Morgan fingerprint density at radius 3 is 2.48 bits per heavy atom. The normalized spacial score (nSPS) is 14.3. The molecule has 1 aliphatic heterocycles. The first-order chi connectivity index (χ1) is 13.4. The SMILES string of the molecule is CNCCC1CCN(C(=O)c2ccc(OCC(=O)NC(C)C)c(OC)c2)CC1.Cl. The lowest BCUT2D eigenvalue weighted by Gasteiger charge is -2.32. The summed E-state index contributed by atoms with van der Waals surface area (Å²) in [5.74, 6) is 1.39. The zero-order chi connectivity index (χ0) is 20.5. The third kappa shape index (κ3) is 7.74. The molecule has 0 unspecified atom stereocenters. The van der Waals surface area contributed by atoms with Gasteiger partial charge in [0, 0.05) is 24.7 Å². The third-order valence-corrected chi connectivity index (χ3v) is 4.92. The Bertz CT molecular complexity index is 661. The van der Waals surface area contributed by atoms with Crippen LogP contribution in [0.25, 0.3) is 0 Å². The van der Waals surface area contributed by atoms with Gasteiger partial charge in [0.2, 0.25) is 0 Å². The number of hydrogen-bond acceptors (Lipinski definition) is 5. The van der Waals surface area contributed by atoms with Crippen molar-refractivity contribution in [2.24, 2.45) is 5.92 Å². The van der Waals surface area contributed by atoms with E-state index in [2.05, 4.69) is 10.6 Å². The van der Waals surface area contributed by atoms with E-state index in [-0.39, 0.29) is 36.9 Å². The number of nitrogens with zero attached hydrogens (tertiary/aromatic N) is 1. The molecule has 8 heteroatoms. The molecule has 164 valence electrons. The van der Waals surface area contributed by atoms with E-state index in [9.17, 15) is 9.59 Å². The number of likely N-dealkylation sites (tertiary alicyclic amines) is 1. The molecule has 0 bridgehead atoms. The molecule has 1 aromatic carbocycles. The minimum absolute atomic E-state index is 0. The molecule has 1 saturated heterocycles. The summed E-state index contributed by atoms with van der Waals surface area (Å²) in [5, 5.41) is 5.96. The number of amides is 2. The first-order valence-electron chi connectivity index (χ1n) is 9.98. The zero-order valence-corrected chi connectivity index (χ0v) is 18.6. The first kappa shape index (κ1) is 25.0. The highest BCUT2D eigenvalue weighted by molar-refractivity contribution is 5.95. The number of nitrogens with one attached hydrogen (secondary N) is 2. The first-order valence-corrected chi connectivity index (χ1v) is 9.98. The molecule has 2 rings (SSSR count). The highest BCUT2D eigenvalue weighted by atomic mass is 35.5. The van der Waals surface area contributed by atoms with Gasteiger partial charge in [-0.05, 0) is 70.8 Å². The van der Waals surface area contributed by atoms with E-state index < -0.39 is 0 Å². The van der Waals surface area contributed by atoms with E-state index in [1.807, 2.05) is 25.8 Å². The van der Waals surface area contributed by atoms with Gasteiger partial charge in [-0.2, -0.15) is 0 Å². The van der Waals surface area contributed by atoms with Gasteiger partial charge >= 0.3 is 0 Å². The molecule has 1 fully saturated rings. The summed E-state index contributed by atoms with van der Waals surface area (Å²) in [7, 11) is 3.49. The largest absolute Gasteiger partial charge is 0.493 e. The molecule has 1 aromatic rings. The van der Waals surface area contributed by atoms with Gasteiger partial charge in [0.05, 0.1) is 7.11 Å². The fourth-order valence-electron chi connectivity index (χ4n) is 3.38. The molecule has 0 aliphatic carbocycles. The summed E-state index contributed by atoms with van der Waals surface area (Å²) >= 11 is 0. The molecule has 2 amide bonds. The van der Waals surface area contributed by atoms with E-state index in [4.69, 9.17) is 9.47 Å². The number of carbonyl (C=O) groups excluding carboxylic acids is 2. The van der Waals surface area contributed by atoms with Crippen molar-refractivity contribution in [3.63, 3.8) is 0 Å². The molecule has 0 aromatic heterocycles. The number of piperidine rings is 1. The summed E-state index contributed by atoms with van der Waals surface area (Å²) in [5.41, 5.74) is 0.574. The van der Waals surface area contributed by atoms with Gasteiger partial charge in [-0.1, -0.05) is 0 Å². The molecule has 1 aliphatic rings.